The van der Waals surface area contributed by atoms with Gasteiger partial charge >= 0.3 is 7.82 Å². The van der Waals surface area contributed by atoms with Crippen LogP contribution in [0.1, 0.15) is 32.1 Å². The standard InChI is InChI=1S/C9H16N2.H3O4P/c1-2-5-9-10-6-4-8-11(9)7-3-1;1-5(2,3)4/h1-8H2;(H3,1,2,3,4). The lowest BCUT2D eigenvalue weighted by Crippen LogP contribution is -2.34. The van der Waals surface area contributed by atoms with Gasteiger partial charge in [0.25, 0.3) is 0 Å². The smallest absolute Gasteiger partial charge is 0.360 e. The zero-order valence-corrected chi connectivity index (χ0v) is 10.1. The van der Waals surface area contributed by atoms with Gasteiger partial charge in [0, 0.05) is 26.1 Å². The van der Waals surface area contributed by atoms with Gasteiger partial charge in [0.05, 0.1) is 5.84 Å². The minimum absolute atomic E-state index is 1.08. The van der Waals surface area contributed by atoms with Gasteiger partial charge in [0.2, 0.25) is 0 Å². The molecule has 2 heterocycles. The van der Waals surface area contributed by atoms with Crippen LogP contribution in [0.15, 0.2) is 4.99 Å². The molecule has 94 valence electrons. The van der Waals surface area contributed by atoms with Crippen molar-refractivity contribution in [2.24, 2.45) is 4.99 Å². The summed E-state index contributed by atoms with van der Waals surface area (Å²) in [5.41, 5.74) is 0. The zero-order chi connectivity index (χ0) is 12.0. The maximum atomic E-state index is 8.88. The minimum Gasteiger partial charge on any atom is -0.360 e. The topological polar surface area (TPSA) is 93.4 Å². The Morgan fingerprint density at radius 3 is 2.38 bits per heavy atom. The van der Waals surface area contributed by atoms with Gasteiger partial charge in [-0.3, -0.25) is 4.99 Å². The molecule has 0 bridgehead atoms. The molecule has 0 aliphatic carbocycles. The fraction of sp³-hybridized carbons (Fsp3) is 0.889. The molecule has 1 fully saturated rings. The number of nitrogens with zero attached hydrogens (tertiary/aromatic N) is 2. The third-order valence-electron chi connectivity index (χ3n) is 2.57. The van der Waals surface area contributed by atoms with Gasteiger partial charge < -0.3 is 19.6 Å². The van der Waals surface area contributed by atoms with E-state index >= 15 is 0 Å². The molecule has 3 N–H and O–H groups in total. The van der Waals surface area contributed by atoms with Gasteiger partial charge in [-0.2, -0.15) is 0 Å². The minimum atomic E-state index is -4.64. The van der Waals surface area contributed by atoms with Crippen molar-refractivity contribution in [1.29, 1.82) is 0 Å². The summed E-state index contributed by atoms with van der Waals surface area (Å²) >= 11 is 0. The fourth-order valence-electron chi connectivity index (χ4n) is 1.94. The molecule has 0 amide bonds. The number of rotatable bonds is 0. The van der Waals surface area contributed by atoms with Crippen molar-refractivity contribution in [3.05, 3.63) is 0 Å². The summed E-state index contributed by atoms with van der Waals surface area (Å²) < 4.78 is 8.88. The van der Waals surface area contributed by atoms with E-state index in [9.17, 15) is 0 Å². The Hall–Kier alpha value is -0.420. The number of hydrogen-bond acceptors (Lipinski definition) is 3. The first-order valence-electron chi connectivity index (χ1n) is 5.53. The largest absolute Gasteiger partial charge is 0.466 e. The molecule has 7 heteroatoms. The lowest BCUT2D eigenvalue weighted by molar-refractivity contribution is 0.275. The van der Waals surface area contributed by atoms with Crippen molar-refractivity contribution in [3.63, 3.8) is 0 Å². The number of phosphoric acid groups is 1. The highest BCUT2D eigenvalue weighted by atomic mass is 31.2. The van der Waals surface area contributed by atoms with Gasteiger partial charge in [-0.1, -0.05) is 6.42 Å². The van der Waals surface area contributed by atoms with Gasteiger partial charge in [0.1, 0.15) is 0 Å². The van der Waals surface area contributed by atoms with Crippen LogP contribution in [-0.2, 0) is 4.57 Å². The summed E-state index contributed by atoms with van der Waals surface area (Å²) in [6.07, 6.45) is 6.63. The maximum absolute atomic E-state index is 8.88. The molecule has 2 aliphatic rings. The predicted octanol–water partition coefficient (Wildman–Crippen LogP) is 0.736. The predicted molar refractivity (Wildman–Crippen MR) is 61.2 cm³/mol. The van der Waals surface area contributed by atoms with Crippen molar-refractivity contribution in [2.45, 2.75) is 32.1 Å². The summed E-state index contributed by atoms with van der Waals surface area (Å²) in [6, 6.07) is 0. The molecule has 0 aromatic rings. The Kier molecular flexibility index (Phi) is 5.41. The Labute approximate surface area is 95.2 Å². The van der Waals surface area contributed by atoms with E-state index in [1.165, 1.54) is 51.0 Å². The highest BCUT2D eigenvalue weighted by molar-refractivity contribution is 7.45. The summed E-state index contributed by atoms with van der Waals surface area (Å²) in [7, 11) is -4.64. The van der Waals surface area contributed by atoms with Crippen molar-refractivity contribution in [2.75, 3.05) is 19.6 Å². The molecule has 6 nitrogen and oxygen atoms in total. The first-order chi connectivity index (χ1) is 7.47. The molecule has 0 unspecified atom stereocenters. The van der Waals surface area contributed by atoms with Crippen LogP contribution < -0.4 is 0 Å². The van der Waals surface area contributed by atoms with E-state index in [1.807, 2.05) is 0 Å². The summed E-state index contributed by atoms with van der Waals surface area (Å²) in [5, 5.41) is 0. The van der Waals surface area contributed by atoms with Crippen molar-refractivity contribution >= 4 is 13.7 Å². The molecule has 0 aromatic heterocycles. The van der Waals surface area contributed by atoms with Gasteiger partial charge in [-0.15, -0.1) is 0 Å². The molecule has 1 saturated heterocycles. The van der Waals surface area contributed by atoms with E-state index in [4.69, 9.17) is 19.2 Å². The monoisotopic (exact) mass is 250 g/mol. The third kappa shape index (κ3) is 6.23. The molecular formula is C9H19N2O4P. The van der Waals surface area contributed by atoms with Gasteiger partial charge in [-0.05, 0) is 19.3 Å². The Bertz CT molecular complexity index is 281. The van der Waals surface area contributed by atoms with Gasteiger partial charge in [0.15, 0.2) is 0 Å². The normalized spacial score (nSPS) is 21.2. The number of fused-ring (bicyclic) bond motifs is 1. The first kappa shape index (κ1) is 13.6. The zero-order valence-electron chi connectivity index (χ0n) is 9.25. The van der Waals surface area contributed by atoms with Crippen LogP contribution in [0.25, 0.3) is 0 Å². The number of aliphatic imine (C=N–C) groups is 1. The van der Waals surface area contributed by atoms with Crippen LogP contribution in [0.2, 0.25) is 0 Å². The fourth-order valence-corrected chi connectivity index (χ4v) is 1.94. The molecule has 2 aliphatic heterocycles. The summed E-state index contributed by atoms with van der Waals surface area (Å²) in [5.74, 6) is 1.40. The van der Waals surface area contributed by atoms with E-state index in [-0.39, 0.29) is 0 Å². The van der Waals surface area contributed by atoms with E-state index < -0.39 is 7.82 Å². The second kappa shape index (κ2) is 6.35. The van der Waals surface area contributed by atoms with Crippen molar-refractivity contribution in [1.82, 2.24) is 4.90 Å². The Morgan fingerprint density at radius 2 is 1.69 bits per heavy atom. The van der Waals surface area contributed by atoms with Crippen LogP contribution in [-0.4, -0.2) is 45.1 Å². The van der Waals surface area contributed by atoms with Crippen LogP contribution in [0.3, 0.4) is 0 Å². The van der Waals surface area contributed by atoms with E-state index in [0.717, 1.165) is 6.54 Å². The van der Waals surface area contributed by atoms with E-state index in [0.29, 0.717) is 0 Å². The average molecular weight is 250 g/mol. The second-order valence-corrected chi connectivity index (χ2v) is 4.99. The quantitative estimate of drug-likeness (QED) is 0.551. The average Bonchev–Trinajstić information content (AvgIpc) is 2.39. The molecule has 0 spiro atoms. The van der Waals surface area contributed by atoms with Crippen molar-refractivity contribution < 1.29 is 19.2 Å². The molecule has 0 aromatic carbocycles. The van der Waals surface area contributed by atoms with E-state index in [2.05, 4.69) is 9.89 Å². The third-order valence-corrected chi connectivity index (χ3v) is 2.57. The lowest BCUT2D eigenvalue weighted by atomic mass is 10.2. The highest BCUT2D eigenvalue weighted by Crippen LogP contribution is 2.25. The Balaban J connectivity index is 0.000000221. The van der Waals surface area contributed by atoms with Crippen LogP contribution in [0, 0.1) is 0 Å². The SMILES string of the molecule is C1CCC2=NCCCN2CC1.O=P(O)(O)O. The molecule has 2 rings (SSSR count). The highest BCUT2D eigenvalue weighted by Gasteiger charge is 2.16. The van der Waals surface area contributed by atoms with Crippen LogP contribution >= 0.6 is 7.82 Å². The van der Waals surface area contributed by atoms with Crippen LogP contribution in [0.5, 0.6) is 0 Å². The maximum Gasteiger partial charge on any atom is 0.466 e. The number of amidine groups is 1. The van der Waals surface area contributed by atoms with Crippen molar-refractivity contribution in [3.8, 4) is 0 Å². The molecule has 0 saturated carbocycles. The molecular weight excluding hydrogens is 231 g/mol. The first-order valence-corrected chi connectivity index (χ1v) is 7.10. The number of hydrogen-bond donors (Lipinski definition) is 3. The second-order valence-electron chi connectivity index (χ2n) is 3.96. The van der Waals surface area contributed by atoms with Crippen LogP contribution in [0.4, 0.5) is 0 Å². The molecule has 16 heavy (non-hydrogen) atoms. The van der Waals surface area contributed by atoms with E-state index in [1.54, 1.807) is 0 Å². The lowest BCUT2D eigenvalue weighted by Gasteiger charge is -2.27. The summed E-state index contributed by atoms with van der Waals surface area (Å²) in [4.78, 5) is 28.6. The molecule has 0 atom stereocenters. The summed E-state index contributed by atoms with van der Waals surface area (Å²) in [6.45, 7) is 3.60. The van der Waals surface area contributed by atoms with Gasteiger partial charge in [-0.25, -0.2) is 4.57 Å². The Morgan fingerprint density at radius 1 is 1.06 bits per heavy atom. The molecule has 0 radical (unpaired) electrons.